The van der Waals surface area contributed by atoms with Crippen LogP contribution in [-0.2, 0) is 0 Å². The first-order valence-corrected chi connectivity index (χ1v) is 5.92. The summed E-state index contributed by atoms with van der Waals surface area (Å²) in [7, 11) is 0. The number of aryl methyl sites for hydroxylation is 1. The van der Waals surface area contributed by atoms with Crippen molar-refractivity contribution in [1.82, 2.24) is 20.2 Å². The molecule has 0 aliphatic rings. The Balaban J connectivity index is 2.19. The summed E-state index contributed by atoms with van der Waals surface area (Å²) in [4.78, 5) is 8.32. The Morgan fingerprint density at radius 2 is 1.95 bits per heavy atom. The highest BCUT2D eigenvalue weighted by atomic mass is 15.2. The quantitative estimate of drug-likeness (QED) is 0.733. The van der Waals surface area contributed by atoms with Gasteiger partial charge in [-0.2, -0.15) is 5.10 Å². The van der Waals surface area contributed by atoms with Gasteiger partial charge in [-0.05, 0) is 24.6 Å². The fraction of sp³-hybridized carbons (Fsp3) is 0.0714. The van der Waals surface area contributed by atoms with Gasteiger partial charge >= 0.3 is 0 Å². The van der Waals surface area contributed by atoms with Crippen LogP contribution in [0.2, 0.25) is 0 Å². The fourth-order valence-electron chi connectivity index (χ4n) is 2.06. The molecule has 0 saturated heterocycles. The Morgan fingerprint density at radius 1 is 1.11 bits per heavy atom. The minimum atomic E-state index is 0.463. The number of aromatic amines is 1. The van der Waals surface area contributed by atoms with Crippen molar-refractivity contribution in [2.24, 2.45) is 0 Å². The van der Waals surface area contributed by atoms with Gasteiger partial charge in [-0.1, -0.05) is 6.07 Å². The Hall–Kier alpha value is -2.69. The van der Waals surface area contributed by atoms with Gasteiger partial charge in [0.05, 0.1) is 11.3 Å². The summed E-state index contributed by atoms with van der Waals surface area (Å²) in [6.45, 7) is 2.00. The van der Waals surface area contributed by atoms with Crippen molar-refractivity contribution in [3.63, 3.8) is 0 Å². The van der Waals surface area contributed by atoms with E-state index in [9.17, 15) is 0 Å². The molecule has 94 valence electrons. The van der Waals surface area contributed by atoms with E-state index in [1.54, 1.807) is 18.6 Å². The lowest BCUT2D eigenvalue weighted by atomic mass is 10.0. The van der Waals surface area contributed by atoms with Crippen LogP contribution in [0.25, 0.3) is 22.4 Å². The average Bonchev–Trinajstić information content (AvgIpc) is 2.82. The normalized spacial score (nSPS) is 10.6. The van der Waals surface area contributed by atoms with E-state index in [1.165, 1.54) is 0 Å². The number of hydrogen-bond acceptors (Lipinski definition) is 4. The lowest BCUT2D eigenvalue weighted by molar-refractivity contribution is 1.10. The van der Waals surface area contributed by atoms with Crippen LogP contribution in [-0.4, -0.2) is 20.2 Å². The third-order valence-electron chi connectivity index (χ3n) is 2.91. The summed E-state index contributed by atoms with van der Waals surface area (Å²) >= 11 is 0. The first-order chi connectivity index (χ1) is 9.25. The van der Waals surface area contributed by atoms with Gasteiger partial charge in [0.15, 0.2) is 5.82 Å². The minimum absolute atomic E-state index is 0.463. The lowest BCUT2D eigenvalue weighted by Gasteiger charge is -2.04. The predicted octanol–water partition coefficient (Wildman–Crippen LogP) is 2.42. The average molecular weight is 251 g/mol. The summed E-state index contributed by atoms with van der Waals surface area (Å²) in [5.74, 6) is 0.463. The van der Waals surface area contributed by atoms with E-state index in [0.717, 1.165) is 27.9 Å². The highest BCUT2D eigenvalue weighted by Gasteiger charge is 2.15. The molecule has 0 fully saturated rings. The predicted molar refractivity (Wildman–Crippen MR) is 74.2 cm³/mol. The van der Waals surface area contributed by atoms with Gasteiger partial charge in [-0.15, -0.1) is 0 Å². The fourth-order valence-corrected chi connectivity index (χ4v) is 2.06. The van der Waals surface area contributed by atoms with Gasteiger partial charge in [-0.25, -0.2) is 0 Å². The number of aromatic nitrogens is 4. The summed E-state index contributed by atoms with van der Waals surface area (Å²) in [6, 6.07) is 5.88. The molecule has 3 rings (SSSR count). The van der Waals surface area contributed by atoms with E-state index in [-0.39, 0.29) is 0 Å². The van der Waals surface area contributed by atoms with Crippen LogP contribution < -0.4 is 5.73 Å². The van der Waals surface area contributed by atoms with Gasteiger partial charge in [0.2, 0.25) is 0 Å². The highest BCUT2D eigenvalue weighted by Crippen LogP contribution is 2.33. The molecule has 0 unspecified atom stereocenters. The summed E-state index contributed by atoms with van der Waals surface area (Å²) in [5.41, 5.74) is 10.7. The molecule has 0 aliphatic heterocycles. The molecule has 0 spiro atoms. The van der Waals surface area contributed by atoms with Crippen LogP contribution in [0, 0.1) is 6.92 Å². The van der Waals surface area contributed by atoms with Crippen LogP contribution >= 0.6 is 0 Å². The van der Waals surface area contributed by atoms with E-state index in [4.69, 9.17) is 5.73 Å². The van der Waals surface area contributed by atoms with Crippen LogP contribution in [0.5, 0.6) is 0 Å². The number of anilines is 1. The Labute approximate surface area is 110 Å². The number of H-pyrrole nitrogens is 1. The van der Waals surface area contributed by atoms with E-state index in [2.05, 4.69) is 20.2 Å². The molecule has 5 heteroatoms. The molecule has 3 aromatic heterocycles. The molecule has 0 amide bonds. The Morgan fingerprint density at radius 3 is 2.68 bits per heavy atom. The van der Waals surface area contributed by atoms with Gasteiger partial charge in [-0.3, -0.25) is 15.1 Å². The van der Waals surface area contributed by atoms with E-state index in [0.29, 0.717) is 5.82 Å². The van der Waals surface area contributed by atoms with Crippen LogP contribution in [0.15, 0.2) is 43.0 Å². The van der Waals surface area contributed by atoms with Crippen molar-refractivity contribution < 1.29 is 0 Å². The lowest BCUT2D eigenvalue weighted by Crippen LogP contribution is -1.90. The topological polar surface area (TPSA) is 80.5 Å². The third kappa shape index (κ3) is 2.06. The maximum Gasteiger partial charge on any atom is 0.153 e. The van der Waals surface area contributed by atoms with E-state index in [1.807, 2.05) is 31.3 Å². The van der Waals surface area contributed by atoms with Crippen molar-refractivity contribution in [2.45, 2.75) is 6.92 Å². The maximum atomic E-state index is 5.96. The monoisotopic (exact) mass is 251 g/mol. The van der Waals surface area contributed by atoms with Crippen molar-refractivity contribution in [3.05, 3.63) is 48.5 Å². The molecular weight excluding hydrogens is 238 g/mol. The molecule has 0 bridgehead atoms. The molecule has 5 nitrogen and oxygen atoms in total. The zero-order valence-corrected chi connectivity index (χ0v) is 10.5. The van der Waals surface area contributed by atoms with E-state index >= 15 is 0 Å². The second-order valence-electron chi connectivity index (χ2n) is 4.35. The molecular formula is C14H13N5. The van der Waals surface area contributed by atoms with Crippen LogP contribution in [0.3, 0.4) is 0 Å². The number of nitrogens with zero attached hydrogens (tertiary/aromatic N) is 3. The van der Waals surface area contributed by atoms with E-state index < -0.39 is 0 Å². The summed E-state index contributed by atoms with van der Waals surface area (Å²) in [5, 5.41) is 7.07. The van der Waals surface area contributed by atoms with Crippen molar-refractivity contribution in [2.75, 3.05) is 5.73 Å². The number of nitrogen functional groups attached to an aromatic ring is 1. The van der Waals surface area contributed by atoms with Crippen molar-refractivity contribution in [1.29, 1.82) is 0 Å². The van der Waals surface area contributed by atoms with Crippen molar-refractivity contribution in [3.8, 4) is 22.4 Å². The molecule has 3 N–H and O–H groups in total. The maximum absolute atomic E-state index is 5.96. The number of hydrogen-bond donors (Lipinski definition) is 2. The first kappa shape index (κ1) is 11.4. The molecule has 19 heavy (non-hydrogen) atoms. The zero-order chi connectivity index (χ0) is 13.2. The third-order valence-corrected chi connectivity index (χ3v) is 2.91. The molecule has 0 aromatic carbocycles. The summed E-state index contributed by atoms with van der Waals surface area (Å²) in [6.07, 6.45) is 7.11. The standard InChI is InChI=1S/C14H13N5/c1-9-5-11(8-17-6-9)13-12(14(15)19-18-13)10-3-2-4-16-7-10/h2-8H,1H3,(H3,15,18,19). The number of rotatable bonds is 2. The van der Waals surface area contributed by atoms with Gasteiger partial charge in [0, 0.05) is 35.9 Å². The second-order valence-corrected chi connectivity index (χ2v) is 4.35. The van der Waals surface area contributed by atoms with Crippen LogP contribution in [0.1, 0.15) is 5.56 Å². The van der Waals surface area contributed by atoms with Gasteiger partial charge in [0.25, 0.3) is 0 Å². The molecule has 0 atom stereocenters. The Kier molecular flexibility index (Phi) is 2.72. The zero-order valence-electron chi connectivity index (χ0n) is 10.5. The summed E-state index contributed by atoms with van der Waals surface area (Å²) < 4.78 is 0. The molecule has 3 aromatic rings. The van der Waals surface area contributed by atoms with Crippen LogP contribution in [0.4, 0.5) is 5.82 Å². The molecule has 0 radical (unpaired) electrons. The largest absolute Gasteiger partial charge is 0.382 e. The van der Waals surface area contributed by atoms with Crippen molar-refractivity contribution >= 4 is 5.82 Å². The number of nitrogens with two attached hydrogens (primary N) is 1. The second kappa shape index (κ2) is 4.53. The SMILES string of the molecule is Cc1cncc(-c2[nH]nc(N)c2-c2cccnc2)c1. The molecule has 3 heterocycles. The van der Waals surface area contributed by atoms with Gasteiger partial charge < -0.3 is 5.73 Å². The first-order valence-electron chi connectivity index (χ1n) is 5.92. The number of pyridine rings is 2. The minimum Gasteiger partial charge on any atom is -0.382 e. The molecule has 0 aliphatic carbocycles. The Bertz CT molecular complexity index is 703. The smallest absolute Gasteiger partial charge is 0.153 e. The molecule has 0 saturated carbocycles. The number of nitrogens with one attached hydrogen (secondary N) is 1. The van der Waals surface area contributed by atoms with Gasteiger partial charge in [0.1, 0.15) is 0 Å². The highest BCUT2D eigenvalue weighted by molar-refractivity contribution is 5.87.